The lowest BCUT2D eigenvalue weighted by Gasteiger charge is -2.41. The maximum absolute atomic E-state index is 12.8. The van der Waals surface area contributed by atoms with Crippen molar-refractivity contribution in [2.45, 2.75) is 32.4 Å². The van der Waals surface area contributed by atoms with E-state index in [1.165, 1.54) is 5.56 Å². The molecule has 160 valence electrons. The highest BCUT2D eigenvalue weighted by Gasteiger charge is 2.33. The summed E-state index contributed by atoms with van der Waals surface area (Å²) < 4.78 is 10.8. The van der Waals surface area contributed by atoms with Crippen molar-refractivity contribution in [2.75, 3.05) is 33.4 Å². The van der Waals surface area contributed by atoms with Crippen LogP contribution in [0.15, 0.2) is 55.1 Å². The lowest BCUT2D eigenvalue weighted by Crippen LogP contribution is -2.50. The summed E-state index contributed by atoms with van der Waals surface area (Å²) in [6, 6.07) is 16.3. The maximum atomic E-state index is 12.8. The van der Waals surface area contributed by atoms with Gasteiger partial charge in [-0.1, -0.05) is 62.4 Å². The van der Waals surface area contributed by atoms with Gasteiger partial charge in [-0.25, -0.2) is 4.79 Å². The van der Waals surface area contributed by atoms with Gasteiger partial charge in [-0.2, -0.15) is 0 Å². The first-order valence-corrected chi connectivity index (χ1v) is 10.7. The molecule has 0 spiro atoms. The van der Waals surface area contributed by atoms with Crippen molar-refractivity contribution in [1.82, 2.24) is 9.80 Å². The van der Waals surface area contributed by atoms with E-state index < -0.39 is 0 Å². The van der Waals surface area contributed by atoms with Crippen LogP contribution < -0.4 is 4.74 Å². The van der Waals surface area contributed by atoms with Crippen molar-refractivity contribution < 1.29 is 14.3 Å². The Labute approximate surface area is 179 Å². The molecule has 5 heteroatoms. The average Bonchev–Trinajstić information content (AvgIpc) is 2.79. The third-order valence-electron chi connectivity index (χ3n) is 5.56. The van der Waals surface area contributed by atoms with Gasteiger partial charge < -0.3 is 9.47 Å². The molecule has 3 rings (SSSR count). The fourth-order valence-electron chi connectivity index (χ4n) is 3.84. The van der Waals surface area contributed by atoms with E-state index in [4.69, 9.17) is 9.47 Å². The van der Waals surface area contributed by atoms with Crippen molar-refractivity contribution in [3.8, 4) is 5.75 Å². The van der Waals surface area contributed by atoms with Crippen LogP contribution in [0.5, 0.6) is 5.75 Å². The predicted molar refractivity (Wildman–Crippen MR) is 121 cm³/mol. The van der Waals surface area contributed by atoms with Gasteiger partial charge in [-0.05, 0) is 35.2 Å². The molecule has 0 bridgehead atoms. The zero-order chi connectivity index (χ0) is 21.3. The predicted octanol–water partition coefficient (Wildman–Crippen LogP) is 5.13. The summed E-state index contributed by atoms with van der Waals surface area (Å²) in [5.41, 5.74) is 3.39. The zero-order valence-corrected chi connectivity index (χ0v) is 18.0. The number of carbonyl (C=O) groups is 1. The number of amides is 1. The molecule has 1 saturated heterocycles. The summed E-state index contributed by atoms with van der Waals surface area (Å²) in [6.45, 7) is 9.54. The van der Waals surface area contributed by atoms with E-state index in [2.05, 4.69) is 36.6 Å². The molecule has 1 aliphatic rings. The molecule has 2 aromatic carbocycles. The molecule has 1 unspecified atom stereocenters. The smallest absolute Gasteiger partial charge is 0.410 e. The Kier molecular flexibility index (Phi) is 7.91. The minimum atomic E-state index is -0.226. The largest absolute Gasteiger partial charge is 0.497 e. The number of rotatable bonds is 8. The van der Waals surface area contributed by atoms with E-state index in [1.54, 1.807) is 7.11 Å². The Morgan fingerprint density at radius 2 is 1.93 bits per heavy atom. The highest BCUT2D eigenvalue weighted by Crippen LogP contribution is 2.30. The molecular formula is C25H32N2O3. The lowest BCUT2D eigenvalue weighted by atomic mass is 9.97. The van der Waals surface area contributed by atoms with Crippen molar-refractivity contribution >= 4 is 12.2 Å². The van der Waals surface area contributed by atoms with E-state index in [9.17, 15) is 4.79 Å². The number of carbonyl (C=O) groups excluding carboxylic acids is 1. The molecule has 1 aliphatic heterocycles. The molecule has 0 radical (unpaired) electrons. The monoisotopic (exact) mass is 408 g/mol. The minimum absolute atomic E-state index is 0.0691. The molecular weight excluding hydrogens is 376 g/mol. The molecule has 0 N–H and O–H groups in total. The van der Waals surface area contributed by atoms with E-state index in [-0.39, 0.29) is 12.1 Å². The summed E-state index contributed by atoms with van der Waals surface area (Å²) in [6.07, 6.45) is 3.53. The minimum Gasteiger partial charge on any atom is -0.497 e. The van der Waals surface area contributed by atoms with Crippen molar-refractivity contribution in [3.63, 3.8) is 0 Å². The quantitative estimate of drug-likeness (QED) is 0.568. The Bertz CT molecular complexity index is 835. The van der Waals surface area contributed by atoms with Gasteiger partial charge >= 0.3 is 6.09 Å². The molecule has 1 amide bonds. The fourth-order valence-corrected chi connectivity index (χ4v) is 3.84. The van der Waals surface area contributed by atoms with Gasteiger partial charge in [0.2, 0.25) is 0 Å². The van der Waals surface area contributed by atoms with Crippen LogP contribution in [0, 0.1) is 0 Å². The molecule has 1 fully saturated rings. The van der Waals surface area contributed by atoms with Crippen molar-refractivity contribution in [2.24, 2.45) is 0 Å². The van der Waals surface area contributed by atoms with Crippen LogP contribution in [0.25, 0.3) is 6.08 Å². The van der Waals surface area contributed by atoms with Gasteiger partial charge in [0.05, 0.1) is 19.8 Å². The molecule has 1 heterocycles. The molecule has 0 aromatic heterocycles. The lowest BCUT2D eigenvalue weighted by molar-refractivity contribution is 0.0430. The third-order valence-corrected chi connectivity index (χ3v) is 5.56. The summed E-state index contributed by atoms with van der Waals surface area (Å²) in [5, 5.41) is 0. The molecule has 30 heavy (non-hydrogen) atoms. The Balaban J connectivity index is 1.78. The first-order valence-electron chi connectivity index (χ1n) is 10.7. The number of piperazine rings is 1. The highest BCUT2D eigenvalue weighted by atomic mass is 16.6. The molecule has 2 aromatic rings. The van der Waals surface area contributed by atoms with Gasteiger partial charge in [0.1, 0.15) is 5.75 Å². The number of hydrogen-bond acceptors (Lipinski definition) is 4. The summed E-state index contributed by atoms with van der Waals surface area (Å²) in [4.78, 5) is 17.1. The van der Waals surface area contributed by atoms with Crippen molar-refractivity contribution in [3.05, 3.63) is 71.8 Å². The van der Waals surface area contributed by atoms with Crippen LogP contribution in [0.3, 0.4) is 0 Å². The first kappa shape index (κ1) is 21.9. The van der Waals surface area contributed by atoms with Crippen LogP contribution >= 0.6 is 0 Å². The second-order valence-corrected chi connectivity index (χ2v) is 7.59. The molecule has 1 atom stereocenters. The van der Waals surface area contributed by atoms with Crippen LogP contribution in [-0.2, 0) is 11.3 Å². The Morgan fingerprint density at radius 1 is 1.17 bits per heavy atom. The number of unbranched alkanes of at least 4 members (excludes halogenated alkanes) is 1. The standard InChI is InChI=1S/C25H32N2O3/c1-4-6-17-30-25(28)27-16-15-26(18-20-11-13-22(29-3)14-12-20)19-24(27)23-10-8-7-9-21(23)5-2/h5,7-14,24H,2,4,6,15-19H2,1,3H3. The van der Waals surface area contributed by atoms with Gasteiger partial charge in [0.25, 0.3) is 0 Å². The topological polar surface area (TPSA) is 42.0 Å². The van der Waals surface area contributed by atoms with Gasteiger partial charge in [-0.3, -0.25) is 9.80 Å². The van der Waals surface area contributed by atoms with Gasteiger partial charge in [0, 0.05) is 26.2 Å². The van der Waals surface area contributed by atoms with E-state index in [0.717, 1.165) is 49.4 Å². The summed E-state index contributed by atoms with van der Waals surface area (Å²) in [7, 11) is 1.68. The normalized spacial score (nSPS) is 16.9. The first-order chi connectivity index (χ1) is 14.7. The van der Waals surface area contributed by atoms with Crippen LogP contribution in [-0.4, -0.2) is 49.2 Å². The number of methoxy groups -OCH3 is 1. The summed E-state index contributed by atoms with van der Waals surface area (Å²) >= 11 is 0. The second kappa shape index (κ2) is 10.8. The van der Waals surface area contributed by atoms with Gasteiger partial charge in [-0.15, -0.1) is 0 Å². The number of nitrogens with zero attached hydrogens (tertiary/aromatic N) is 2. The maximum Gasteiger partial charge on any atom is 0.410 e. The van der Waals surface area contributed by atoms with Crippen LogP contribution in [0.2, 0.25) is 0 Å². The summed E-state index contributed by atoms with van der Waals surface area (Å²) in [5.74, 6) is 0.858. The average molecular weight is 409 g/mol. The molecule has 0 aliphatic carbocycles. The van der Waals surface area contributed by atoms with Crippen molar-refractivity contribution in [1.29, 1.82) is 0 Å². The van der Waals surface area contributed by atoms with E-state index in [1.807, 2.05) is 41.3 Å². The van der Waals surface area contributed by atoms with E-state index >= 15 is 0 Å². The number of hydrogen-bond donors (Lipinski definition) is 0. The van der Waals surface area contributed by atoms with Gasteiger partial charge in [0.15, 0.2) is 0 Å². The fraction of sp³-hybridized carbons (Fsp3) is 0.400. The number of benzene rings is 2. The third kappa shape index (κ3) is 5.42. The van der Waals surface area contributed by atoms with Crippen LogP contribution in [0.1, 0.15) is 42.5 Å². The highest BCUT2D eigenvalue weighted by molar-refractivity contribution is 5.69. The Hall–Kier alpha value is -2.79. The Morgan fingerprint density at radius 3 is 2.63 bits per heavy atom. The molecule has 5 nitrogen and oxygen atoms in total. The van der Waals surface area contributed by atoms with E-state index in [0.29, 0.717) is 13.2 Å². The number of ether oxygens (including phenoxy) is 2. The molecule has 0 saturated carbocycles. The SMILES string of the molecule is C=Cc1ccccc1C1CN(Cc2ccc(OC)cc2)CCN1C(=O)OCCCC. The second-order valence-electron chi connectivity index (χ2n) is 7.59. The van der Waals surface area contributed by atoms with Crippen LogP contribution in [0.4, 0.5) is 4.79 Å². The zero-order valence-electron chi connectivity index (χ0n) is 18.0.